The molecule has 0 unspecified atom stereocenters. The van der Waals surface area contributed by atoms with Gasteiger partial charge in [0.25, 0.3) is 0 Å². The second-order valence-electron chi connectivity index (χ2n) is 5.10. The summed E-state index contributed by atoms with van der Waals surface area (Å²) < 4.78 is 12.8. The molecule has 22 heavy (non-hydrogen) atoms. The van der Waals surface area contributed by atoms with Gasteiger partial charge in [0.05, 0.1) is 0 Å². The van der Waals surface area contributed by atoms with Gasteiger partial charge in [0.1, 0.15) is 0 Å². The van der Waals surface area contributed by atoms with Crippen molar-refractivity contribution in [1.29, 1.82) is 0 Å². The fraction of sp³-hybridized carbons (Fsp3) is 0.353. The Morgan fingerprint density at radius 3 is 2.09 bits per heavy atom. The molecular formula is C17H23FIrNO2-. The zero-order valence-electron chi connectivity index (χ0n) is 13.5. The van der Waals surface area contributed by atoms with Gasteiger partial charge in [0, 0.05) is 46.3 Å². The van der Waals surface area contributed by atoms with E-state index >= 15 is 0 Å². The van der Waals surface area contributed by atoms with Crippen LogP contribution in [0.5, 0.6) is 0 Å². The average Bonchev–Trinajstić information content (AvgIpc) is 2.51. The van der Waals surface area contributed by atoms with Gasteiger partial charge < -0.3 is 15.2 Å². The van der Waals surface area contributed by atoms with Crippen LogP contribution in [0.4, 0.5) is 4.39 Å². The smallest absolute Gasteiger partial charge is 0.0379 e. The number of nitrogens with zero attached hydrogens (tertiary/aromatic N) is 1. The first-order valence-corrected chi connectivity index (χ1v) is 6.50. The Kier molecular flexibility index (Phi) is 12.0. The Bertz CT molecular complexity index is 525. The maximum Gasteiger partial charge on any atom is 0.0379 e. The SMILES string of the molecule is CC(C)(C)c1ccnc(-c2[c-]cc(F)cc2)c1.CO.CO.[Ir]. The van der Waals surface area contributed by atoms with Crippen LogP contribution in [-0.4, -0.2) is 29.4 Å². The molecular weight excluding hydrogens is 461 g/mol. The number of aromatic nitrogens is 1. The third kappa shape index (κ3) is 7.23. The van der Waals surface area contributed by atoms with Crippen LogP contribution in [-0.2, 0) is 25.5 Å². The van der Waals surface area contributed by atoms with Gasteiger partial charge in [-0.2, -0.15) is 0 Å². The third-order valence-corrected chi connectivity index (χ3v) is 2.68. The first kappa shape index (κ1) is 23.1. The predicted octanol–water partition coefficient (Wildman–Crippen LogP) is 3.20. The first-order chi connectivity index (χ1) is 9.97. The molecule has 0 spiro atoms. The second-order valence-corrected chi connectivity index (χ2v) is 5.10. The van der Waals surface area contributed by atoms with Crippen molar-refractivity contribution in [1.82, 2.24) is 4.98 Å². The zero-order chi connectivity index (χ0) is 16.5. The number of aliphatic hydroxyl groups is 2. The van der Waals surface area contributed by atoms with Crippen molar-refractivity contribution in [2.45, 2.75) is 26.2 Å². The van der Waals surface area contributed by atoms with Crippen molar-refractivity contribution in [2.24, 2.45) is 0 Å². The van der Waals surface area contributed by atoms with E-state index in [1.807, 2.05) is 12.1 Å². The van der Waals surface area contributed by atoms with Crippen molar-refractivity contribution in [3.8, 4) is 11.3 Å². The van der Waals surface area contributed by atoms with Gasteiger partial charge in [-0.05, 0) is 22.7 Å². The molecule has 0 aliphatic carbocycles. The van der Waals surface area contributed by atoms with Crippen LogP contribution in [0.3, 0.4) is 0 Å². The van der Waals surface area contributed by atoms with Crippen LogP contribution in [0.2, 0.25) is 0 Å². The van der Waals surface area contributed by atoms with Crippen molar-refractivity contribution in [2.75, 3.05) is 14.2 Å². The summed E-state index contributed by atoms with van der Waals surface area (Å²) in [6.45, 7) is 6.46. The van der Waals surface area contributed by atoms with E-state index in [2.05, 4.69) is 31.8 Å². The first-order valence-electron chi connectivity index (χ1n) is 6.50. The number of rotatable bonds is 1. The largest absolute Gasteiger partial charge is 0.400 e. The molecule has 1 aromatic heterocycles. The molecule has 5 heteroatoms. The van der Waals surface area contributed by atoms with E-state index in [4.69, 9.17) is 10.2 Å². The van der Waals surface area contributed by atoms with Crippen LogP contribution in [0, 0.1) is 11.9 Å². The van der Waals surface area contributed by atoms with E-state index in [0.717, 1.165) is 25.5 Å². The molecule has 1 radical (unpaired) electrons. The molecule has 2 N–H and O–H groups in total. The molecule has 0 bridgehead atoms. The Balaban J connectivity index is 0. The molecule has 1 heterocycles. The monoisotopic (exact) mass is 485 g/mol. The number of hydrogen-bond acceptors (Lipinski definition) is 3. The van der Waals surface area contributed by atoms with Crippen LogP contribution in [0.25, 0.3) is 11.3 Å². The van der Waals surface area contributed by atoms with Crippen molar-refractivity contribution >= 4 is 0 Å². The summed E-state index contributed by atoms with van der Waals surface area (Å²) in [5.41, 5.74) is 2.94. The van der Waals surface area contributed by atoms with Crippen molar-refractivity contribution in [3.63, 3.8) is 0 Å². The number of benzene rings is 1. The van der Waals surface area contributed by atoms with Gasteiger partial charge in [-0.1, -0.05) is 26.8 Å². The molecule has 125 valence electrons. The topological polar surface area (TPSA) is 53.4 Å². The standard InChI is InChI=1S/C15H15FN.2CH4O.Ir/c1-15(2,3)12-8-9-17-14(10-12)11-4-6-13(16)7-5-11;2*1-2;/h4,6-10H,1-3H3;2*2H,1H3;/q-1;;;. The van der Waals surface area contributed by atoms with Gasteiger partial charge in [0.15, 0.2) is 0 Å². The zero-order valence-corrected chi connectivity index (χ0v) is 15.9. The van der Waals surface area contributed by atoms with Crippen LogP contribution in [0.1, 0.15) is 26.3 Å². The number of hydrogen-bond donors (Lipinski definition) is 2. The molecule has 0 aliphatic rings. The van der Waals surface area contributed by atoms with E-state index in [-0.39, 0.29) is 31.3 Å². The summed E-state index contributed by atoms with van der Waals surface area (Å²) in [6.07, 6.45) is 1.78. The minimum atomic E-state index is -0.277. The Morgan fingerprint density at radius 1 is 1.05 bits per heavy atom. The summed E-state index contributed by atoms with van der Waals surface area (Å²) in [5, 5.41) is 14.0. The molecule has 0 saturated carbocycles. The molecule has 2 rings (SSSR count). The summed E-state index contributed by atoms with van der Waals surface area (Å²) in [5.74, 6) is -0.277. The summed E-state index contributed by atoms with van der Waals surface area (Å²) in [6, 6.07) is 11.4. The Morgan fingerprint density at radius 2 is 1.64 bits per heavy atom. The van der Waals surface area contributed by atoms with Crippen molar-refractivity contribution in [3.05, 3.63) is 54.0 Å². The normalized spacial score (nSPS) is 9.45. The summed E-state index contributed by atoms with van der Waals surface area (Å²) in [7, 11) is 2.00. The fourth-order valence-corrected chi connectivity index (χ4v) is 1.61. The Hall–Kier alpha value is -1.13. The molecule has 0 saturated heterocycles. The van der Waals surface area contributed by atoms with Gasteiger partial charge >= 0.3 is 0 Å². The molecule has 0 amide bonds. The maximum absolute atomic E-state index is 12.8. The van der Waals surface area contributed by atoms with E-state index in [1.165, 1.54) is 17.7 Å². The molecule has 2 aromatic rings. The van der Waals surface area contributed by atoms with Crippen LogP contribution < -0.4 is 0 Å². The fourth-order valence-electron chi connectivity index (χ4n) is 1.61. The van der Waals surface area contributed by atoms with Crippen LogP contribution >= 0.6 is 0 Å². The van der Waals surface area contributed by atoms with Gasteiger partial charge in [-0.25, -0.2) is 0 Å². The quantitative estimate of drug-likeness (QED) is 0.612. The predicted molar refractivity (Wildman–Crippen MR) is 83.5 cm³/mol. The molecule has 3 nitrogen and oxygen atoms in total. The molecule has 0 atom stereocenters. The van der Waals surface area contributed by atoms with E-state index in [1.54, 1.807) is 12.3 Å². The van der Waals surface area contributed by atoms with Gasteiger partial charge in [-0.15, -0.1) is 29.8 Å². The molecule has 0 aliphatic heterocycles. The van der Waals surface area contributed by atoms with Crippen LogP contribution in [0.15, 0.2) is 36.5 Å². The van der Waals surface area contributed by atoms with Gasteiger partial charge in [0.2, 0.25) is 0 Å². The molecule has 0 fully saturated rings. The second kappa shape index (κ2) is 11.4. The summed E-state index contributed by atoms with van der Waals surface area (Å²) in [4.78, 5) is 4.30. The minimum absolute atomic E-state index is 0. The van der Waals surface area contributed by atoms with E-state index in [0.29, 0.717) is 0 Å². The minimum Gasteiger partial charge on any atom is -0.400 e. The average molecular weight is 485 g/mol. The number of halogens is 1. The summed E-state index contributed by atoms with van der Waals surface area (Å²) >= 11 is 0. The number of aliphatic hydroxyl groups excluding tert-OH is 2. The maximum atomic E-state index is 12.8. The molecule has 1 aromatic carbocycles. The number of pyridine rings is 1. The van der Waals surface area contributed by atoms with E-state index in [9.17, 15) is 4.39 Å². The van der Waals surface area contributed by atoms with Gasteiger partial charge in [-0.3, -0.25) is 4.39 Å². The van der Waals surface area contributed by atoms with Crippen molar-refractivity contribution < 1.29 is 34.7 Å². The van der Waals surface area contributed by atoms with E-state index < -0.39 is 0 Å². The Labute approximate surface area is 145 Å². The third-order valence-electron chi connectivity index (χ3n) is 2.68.